The Hall–Kier alpha value is -13.0. The summed E-state index contributed by atoms with van der Waals surface area (Å²) >= 11 is 0. The summed E-state index contributed by atoms with van der Waals surface area (Å²) in [4.78, 5) is 38.3. The van der Waals surface area contributed by atoms with Gasteiger partial charge in [-0.15, -0.1) is 0 Å². The second kappa shape index (κ2) is 21.6. The van der Waals surface area contributed by atoms with E-state index in [1.807, 2.05) is 194 Å². The molecule has 0 unspecified atom stereocenters. The van der Waals surface area contributed by atoms with Crippen LogP contribution in [0.25, 0.3) is 155 Å². The van der Waals surface area contributed by atoms with Gasteiger partial charge in [0.2, 0.25) is 0 Å². The van der Waals surface area contributed by atoms with Crippen molar-refractivity contribution in [1.29, 1.82) is 10.5 Å². The van der Waals surface area contributed by atoms with Crippen molar-refractivity contribution in [3.8, 4) is 114 Å². The molecule has 0 aliphatic heterocycles. The van der Waals surface area contributed by atoms with Gasteiger partial charge in [-0.2, -0.15) is 10.5 Å². The lowest BCUT2D eigenvalue weighted by Gasteiger charge is -2.19. The van der Waals surface area contributed by atoms with Gasteiger partial charge in [0.1, 0.15) is 0 Å². The van der Waals surface area contributed by atoms with E-state index in [0.717, 1.165) is 111 Å². The molecule has 0 saturated heterocycles. The van der Waals surface area contributed by atoms with Gasteiger partial charge in [0.05, 0.1) is 69.9 Å². The van der Waals surface area contributed by atoms with Gasteiger partial charge < -0.3 is 9.13 Å². The molecule has 0 radical (unpaired) electrons. The molecule has 0 N–H and O–H groups in total. The van der Waals surface area contributed by atoms with Crippen LogP contribution in [0, 0.1) is 35.8 Å². The van der Waals surface area contributed by atoms with Gasteiger partial charge in [0.15, 0.2) is 46.3 Å². The maximum Gasteiger partial charge on any atom is 0.188 e. The van der Waals surface area contributed by atoms with Gasteiger partial charge in [-0.3, -0.25) is 0 Å². The fraction of sp³-hybridized carbons (Fsp3) is 0. The van der Waals surface area contributed by atoms with E-state index in [2.05, 4.69) is 91.6 Å². The van der Waals surface area contributed by atoms with Crippen LogP contribution in [0.4, 0.5) is 11.4 Å². The van der Waals surface area contributed by atoms with Crippen molar-refractivity contribution in [3.63, 3.8) is 0 Å². The molecular weight excluding hydrogens is 1080 g/mol. The van der Waals surface area contributed by atoms with Crippen LogP contribution >= 0.6 is 0 Å². The third-order valence-electron chi connectivity index (χ3n) is 15.9. The van der Waals surface area contributed by atoms with Crippen LogP contribution < -0.4 is 0 Å². The van der Waals surface area contributed by atoms with Gasteiger partial charge >= 0.3 is 0 Å². The maximum atomic E-state index is 10.2. The minimum Gasteiger partial charge on any atom is -0.309 e. The highest BCUT2D eigenvalue weighted by molar-refractivity contribution is 6.13. The lowest BCUT2D eigenvalue weighted by Crippen LogP contribution is -2.03. The third-order valence-corrected chi connectivity index (χ3v) is 15.9. The van der Waals surface area contributed by atoms with Gasteiger partial charge in [0, 0.05) is 55.3 Å². The highest BCUT2D eigenvalue weighted by Gasteiger charge is 2.24. The Kier molecular flexibility index (Phi) is 12.7. The molecule has 12 heteroatoms. The summed E-state index contributed by atoms with van der Waals surface area (Å²) in [6.45, 7) is 16.0. The summed E-state index contributed by atoms with van der Waals surface area (Å²) in [6.07, 6.45) is 0. The standard InChI is InChI=1S/C76H42N12/c1-79-57-30-36-67-63(43-57)61-38-47(45-77)26-34-65(61)87(67)69-41-55(75-83-71(49-16-7-3-8-17-49)81-72(84-75)50-18-9-4-10-19-50)28-32-59(69)53-24-15-25-54(40-53)60-33-29-56(76-85-73(51-20-11-5-12-21-51)82-74(86-76)52-22-13-6-14-23-52)42-70(60)88-66-35-27-48(46-78)39-62(66)64-44-58(80-2)31-37-68(64)88/h3-44H. The lowest BCUT2D eigenvalue weighted by atomic mass is 9.95. The minimum absolute atomic E-state index is 0.475. The van der Waals surface area contributed by atoms with Crippen molar-refractivity contribution in [1.82, 2.24) is 39.0 Å². The summed E-state index contributed by atoms with van der Waals surface area (Å²) in [5, 5.41) is 23.8. The molecule has 4 heterocycles. The van der Waals surface area contributed by atoms with Crippen molar-refractivity contribution in [2.24, 2.45) is 0 Å². The molecule has 0 spiro atoms. The van der Waals surface area contributed by atoms with E-state index in [4.69, 9.17) is 43.0 Å². The topological polar surface area (TPSA) is 144 Å². The fourth-order valence-electron chi connectivity index (χ4n) is 11.7. The van der Waals surface area contributed by atoms with Crippen molar-refractivity contribution < 1.29 is 0 Å². The van der Waals surface area contributed by atoms with Gasteiger partial charge in [0.25, 0.3) is 0 Å². The zero-order valence-corrected chi connectivity index (χ0v) is 46.6. The van der Waals surface area contributed by atoms with Crippen LogP contribution in [0.1, 0.15) is 11.1 Å². The predicted octanol–water partition coefficient (Wildman–Crippen LogP) is 18.4. The summed E-state index contributed by atoms with van der Waals surface area (Å²) < 4.78 is 4.41. The minimum atomic E-state index is 0.475. The first-order valence-electron chi connectivity index (χ1n) is 28.3. The average molecular weight is 1120 g/mol. The lowest BCUT2D eigenvalue weighted by molar-refractivity contribution is 1.07. The molecule has 0 amide bonds. The Morgan fingerprint density at radius 3 is 0.920 bits per heavy atom. The Morgan fingerprint density at radius 1 is 0.284 bits per heavy atom. The SMILES string of the molecule is [C-]#[N+]c1ccc2c(c1)c1cc(C#N)ccc1n2-c1cc(-c2nc(-c3ccccc3)nc(-c3ccccc3)n2)ccc1-c1cccc(-c2ccc(-c3nc(-c4ccccc4)nc(-c4ccccc4)n3)cc2-n2c3ccc(C#N)cc3c3cc([N+]#[C-])ccc32)c1. The summed E-state index contributed by atoms with van der Waals surface area (Å²) in [6, 6.07) is 88.1. The number of hydrogen-bond donors (Lipinski definition) is 0. The molecule has 0 saturated carbocycles. The number of fused-ring (bicyclic) bond motifs is 6. The fourth-order valence-corrected chi connectivity index (χ4v) is 11.7. The van der Waals surface area contributed by atoms with Gasteiger partial charge in [-0.1, -0.05) is 176 Å². The number of benzene rings is 11. The highest BCUT2D eigenvalue weighted by atomic mass is 15.1. The Bertz CT molecular complexity index is 4900. The Balaban J connectivity index is 0.980. The molecule has 4 aromatic heterocycles. The zero-order chi connectivity index (χ0) is 59.2. The first-order chi connectivity index (χ1) is 43.4. The zero-order valence-electron chi connectivity index (χ0n) is 46.6. The molecule has 0 aliphatic carbocycles. The smallest absolute Gasteiger partial charge is 0.188 e. The normalized spacial score (nSPS) is 11.1. The summed E-state index contributed by atoms with van der Waals surface area (Å²) in [5.41, 5.74) is 15.3. The van der Waals surface area contributed by atoms with Crippen LogP contribution in [0.3, 0.4) is 0 Å². The molecule has 0 atom stereocenters. The van der Waals surface area contributed by atoms with E-state index in [9.17, 15) is 10.5 Å². The van der Waals surface area contributed by atoms with Gasteiger partial charge in [-0.05, 0) is 101 Å². The molecule has 88 heavy (non-hydrogen) atoms. The van der Waals surface area contributed by atoms with E-state index in [-0.39, 0.29) is 0 Å². The quantitative estimate of drug-likeness (QED) is 0.123. The Labute approximate surface area is 504 Å². The molecule has 12 nitrogen and oxygen atoms in total. The molecule has 11 aromatic carbocycles. The molecule has 0 aliphatic rings. The summed E-state index contributed by atoms with van der Waals surface area (Å²) in [5.74, 6) is 3.07. The monoisotopic (exact) mass is 1120 g/mol. The van der Waals surface area contributed by atoms with E-state index >= 15 is 0 Å². The number of rotatable bonds is 10. The number of hydrogen-bond acceptors (Lipinski definition) is 8. The molecule has 15 aromatic rings. The summed E-state index contributed by atoms with van der Waals surface area (Å²) in [7, 11) is 0. The third kappa shape index (κ3) is 9.18. The Morgan fingerprint density at radius 2 is 0.591 bits per heavy atom. The van der Waals surface area contributed by atoms with Crippen LogP contribution in [0.5, 0.6) is 0 Å². The molecule has 0 fully saturated rings. The van der Waals surface area contributed by atoms with Crippen molar-refractivity contribution in [2.75, 3.05) is 0 Å². The first-order valence-corrected chi connectivity index (χ1v) is 28.3. The number of nitrogens with zero attached hydrogens (tertiary/aromatic N) is 12. The van der Waals surface area contributed by atoms with Gasteiger partial charge in [-0.25, -0.2) is 39.6 Å². The van der Waals surface area contributed by atoms with E-state index in [1.165, 1.54) is 0 Å². The highest BCUT2D eigenvalue weighted by Crippen LogP contribution is 2.44. The molecular formula is C76H42N12. The van der Waals surface area contributed by atoms with Crippen molar-refractivity contribution in [3.05, 3.63) is 289 Å². The number of nitriles is 2. The van der Waals surface area contributed by atoms with Crippen LogP contribution in [-0.4, -0.2) is 39.0 Å². The van der Waals surface area contributed by atoms with Crippen LogP contribution in [0.15, 0.2) is 255 Å². The van der Waals surface area contributed by atoms with Crippen molar-refractivity contribution >= 4 is 55.0 Å². The largest absolute Gasteiger partial charge is 0.309 e. The van der Waals surface area contributed by atoms with E-state index in [1.54, 1.807) is 0 Å². The number of aromatic nitrogens is 8. The van der Waals surface area contributed by atoms with Crippen molar-refractivity contribution in [2.45, 2.75) is 0 Å². The van der Waals surface area contributed by atoms with Crippen LogP contribution in [0.2, 0.25) is 0 Å². The average Bonchev–Trinajstić information content (AvgIpc) is 2.01. The first kappa shape index (κ1) is 51.8. The van der Waals surface area contributed by atoms with E-state index in [0.29, 0.717) is 57.4 Å². The molecule has 406 valence electrons. The molecule has 0 bridgehead atoms. The maximum absolute atomic E-state index is 10.2. The second-order valence-electron chi connectivity index (χ2n) is 21.1. The predicted molar refractivity (Wildman–Crippen MR) is 347 cm³/mol. The van der Waals surface area contributed by atoms with Crippen LogP contribution in [-0.2, 0) is 0 Å². The molecule has 15 rings (SSSR count). The second-order valence-corrected chi connectivity index (χ2v) is 21.1. The van der Waals surface area contributed by atoms with E-state index < -0.39 is 0 Å².